The third-order valence-corrected chi connectivity index (χ3v) is 10.7. The van der Waals surface area contributed by atoms with Crippen molar-refractivity contribution >= 4 is 69.0 Å². The van der Waals surface area contributed by atoms with Crippen molar-refractivity contribution in [3.63, 3.8) is 0 Å². The SMILES string of the molecule is CCS(=O)(=O)c1ccc(/N=N/c2c(NCS(=O)(=O)O)ccc3c(O)c(/N=N/c4cc(OC)c(S(=O)(=O)CC)cc4O)ccc23)cc1. The van der Waals surface area contributed by atoms with Gasteiger partial charge in [-0.25, -0.2) is 16.8 Å². The summed E-state index contributed by atoms with van der Waals surface area (Å²) in [6.07, 6.45) is 0. The van der Waals surface area contributed by atoms with Crippen LogP contribution in [0.4, 0.5) is 28.4 Å². The molecule has 0 fully saturated rings. The lowest BCUT2D eigenvalue weighted by Gasteiger charge is -2.12. The number of aromatic hydroxyl groups is 2. The standard InChI is InChI=1S/C28H29N5O10S3/c1-4-44(36,37)18-8-6-17(7-9-18)30-33-27-19-10-13-22(28(35)20(19)11-12-21(27)29-16-46(40,41)42)31-32-23-14-25(43-3)26(15-24(23)34)45(38,39)5-2/h6-15,29,34-35H,4-5,16H2,1-3H3,(H,40,41,42)/b32-31+,33-30+. The van der Waals surface area contributed by atoms with Gasteiger partial charge >= 0.3 is 0 Å². The van der Waals surface area contributed by atoms with Gasteiger partial charge in [-0.1, -0.05) is 13.8 Å². The number of hydrogen-bond donors (Lipinski definition) is 4. The number of fused-ring (bicyclic) bond motifs is 1. The Morgan fingerprint density at radius 3 is 1.98 bits per heavy atom. The van der Waals surface area contributed by atoms with Gasteiger partial charge in [0.1, 0.15) is 39.3 Å². The van der Waals surface area contributed by atoms with Gasteiger partial charge in [-0.3, -0.25) is 4.55 Å². The number of azo groups is 2. The van der Waals surface area contributed by atoms with E-state index in [0.717, 1.165) is 6.07 Å². The van der Waals surface area contributed by atoms with Crippen molar-refractivity contribution in [3.8, 4) is 17.2 Å². The molecule has 0 aliphatic rings. The van der Waals surface area contributed by atoms with Crippen LogP contribution in [-0.4, -0.2) is 64.5 Å². The second-order valence-electron chi connectivity index (χ2n) is 9.59. The molecule has 4 aromatic rings. The predicted molar refractivity (Wildman–Crippen MR) is 171 cm³/mol. The van der Waals surface area contributed by atoms with Crippen LogP contribution >= 0.6 is 0 Å². The van der Waals surface area contributed by atoms with Crippen molar-refractivity contribution in [2.75, 3.05) is 29.8 Å². The Morgan fingerprint density at radius 2 is 1.37 bits per heavy atom. The molecule has 0 saturated heterocycles. The van der Waals surface area contributed by atoms with Gasteiger partial charge in [-0.15, -0.1) is 15.3 Å². The highest BCUT2D eigenvalue weighted by molar-refractivity contribution is 7.91. The molecule has 0 atom stereocenters. The zero-order valence-corrected chi connectivity index (χ0v) is 27.1. The molecule has 0 unspecified atom stereocenters. The molecule has 0 amide bonds. The zero-order chi connectivity index (χ0) is 33.9. The Balaban J connectivity index is 1.77. The summed E-state index contributed by atoms with van der Waals surface area (Å²) in [7, 11) is -10.3. The summed E-state index contributed by atoms with van der Waals surface area (Å²) in [4.78, 5) is -0.112. The molecule has 4 N–H and O–H groups in total. The summed E-state index contributed by atoms with van der Waals surface area (Å²) in [5.74, 6) is -2.08. The molecule has 0 aliphatic heterocycles. The summed E-state index contributed by atoms with van der Waals surface area (Å²) in [6.45, 7) is 2.97. The first kappa shape index (κ1) is 34.2. The normalized spacial score (nSPS) is 12.7. The molecular weight excluding hydrogens is 663 g/mol. The monoisotopic (exact) mass is 691 g/mol. The van der Waals surface area contributed by atoms with Crippen LogP contribution in [0.25, 0.3) is 10.8 Å². The van der Waals surface area contributed by atoms with Gasteiger partial charge in [0.05, 0.1) is 34.9 Å². The van der Waals surface area contributed by atoms with Gasteiger partial charge in [-0.2, -0.15) is 13.5 Å². The molecule has 0 bridgehead atoms. The van der Waals surface area contributed by atoms with E-state index < -0.39 is 41.4 Å². The van der Waals surface area contributed by atoms with E-state index in [-0.39, 0.29) is 72.0 Å². The number of sulfone groups is 2. The Kier molecular flexibility index (Phi) is 9.95. The van der Waals surface area contributed by atoms with E-state index in [9.17, 15) is 40.0 Å². The van der Waals surface area contributed by atoms with Crippen LogP contribution in [0.2, 0.25) is 0 Å². The molecular formula is C28H29N5O10S3. The number of nitrogens with one attached hydrogen (secondary N) is 1. The highest BCUT2D eigenvalue weighted by Crippen LogP contribution is 2.44. The van der Waals surface area contributed by atoms with Crippen LogP contribution in [0, 0.1) is 0 Å². The predicted octanol–water partition coefficient (Wildman–Crippen LogP) is 5.93. The topological polar surface area (TPSA) is 234 Å². The van der Waals surface area contributed by atoms with E-state index in [0.29, 0.717) is 0 Å². The molecule has 0 saturated carbocycles. The number of ether oxygens (including phenoxy) is 1. The lowest BCUT2D eigenvalue weighted by Crippen LogP contribution is -2.13. The number of benzene rings is 4. The fourth-order valence-corrected chi connectivity index (χ4v) is 6.41. The second-order valence-corrected chi connectivity index (χ2v) is 15.6. The second kappa shape index (κ2) is 13.4. The van der Waals surface area contributed by atoms with Crippen molar-refractivity contribution in [3.05, 3.63) is 60.7 Å². The van der Waals surface area contributed by atoms with Crippen LogP contribution in [0.1, 0.15) is 13.8 Å². The number of anilines is 1. The average Bonchev–Trinajstić information content (AvgIpc) is 3.02. The number of nitrogens with zero attached hydrogens (tertiary/aromatic N) is 4. The number of phenolic OH excluding ortho intramolecular Hbond substituents is 2. The first-order valence-electron chi connectivity index (χ1n) is 13.4. The first-order valence-corrected chi connectivity index (χ1v) is 18.3. The summed E-state index contributed by atoms with van der Waals surface area (Å²) >= 11 is 0. The average molecular weight is 692 g/mol. The van der Waals surface area contributed by atoms with Gasteiger partial charge in [-0.05, 0) is 48.5 Å². The zero-order valence-electron chi connectivity index (χ0n) is 24.6. The van der Waals surface area contributed by atoms with E-state index in [1.54, 1.807) is 0 Å². The Morgan fingerprint density at radius 1 is 0.739 bits per heavy atom. The summed E-state index contributed by atoms with van der Waals surface area (Å²) in [5.41, 5.74) is 0.288. The van der Waals surface area contributed by atoms with E-state index in [4.69, 9.17) is 4.74 Å². The van der Waals surface area contributed by atoms with Crippen LogP contribution in [0.5, 0.6) is 17.2 Å². The maximum Gasteiger partial charge on any atom is 0.283 e. The van der Waals surface area contributed by atoms with Crippen molar-refractivity contribution in [1.82, 2.24) is 0 Å². The molecule has 244 valence electrons. The van der Waals surface area contributed by atoms with Crippen LogP contribution in [0.15, 0.2) is 90.9 Å². The summed E-state index contributed by atoms with van der Waals surface area (Å²) < 4.78 is 86.2. The molecule has 0 aromatic heterocycles. The molecule has 0 spiro atoms. The summed E-state index contributed by atoms with van der Waals surface area (Å²) in [5, 5.41) is 40.8. The quantitative estimate of drug-likeness (QED) is 0.100. The third kappa shape index (κ3) is 7.58. The van der Waals surface area contributed by atoms with Crippen LogP contribution in [0.3, 0.4) is 0 Å². The number of rotatable bonds is 12. The largest absolute Gasteiger partial charge is 0.506 e. The molecule has 0 radical (unpaired) electrons. The lowest BCUT2D eigenvalue weighted by molar-refractivity contribution is 0.399. The maximum atomic E-state index is 12.4. The van der Waals surface area contributed by atoms with Crippen molar-refractivity contribution < 1.29 is 44.8 Å². The Labute approximate surface area is 264 Å². The highest BCUT2D eigenvalue weighted by atomic mass is 32.2. The van der Waals surface area contributed by atoms with E-state index in [2.05, 4.69) is 25.8 Å². The van der Waals surface area contributed by atoms with Gasteiger partial charge in [0.15, 0.2) is 25.4 Å². The van der Waals surface area contributed by atoms with Gasteiger partial charge in [0.25, 0.3) is 10.1 Å². The van der Waals surface area contributed by atoms with E-state index in [1.165, 1.54) is 75.6 Å². The number of methoxy groups -OCH3 is 1. The minimum absolute atomic E-state index is 0.0506. The van der Waals surface area contributed by atoms with Gasteiger partial charge < -0.3 is 20.3 Å². The molecule has 0 aliphatic carbocycles. The number of phenols is 2. The minimum Gasteiger partial charge on any atom is -0.506 e. The van der Waals surface area contributed by atoms with E-state index >= 15 is 0 Å². The van der Waals surface area contributed by atoms with E-state index in [1.807, 2.05) is 0 Å². The third-order valence-electron chi connectivity index (χ3n) is 6.65. The van der Waals surface area contributed by atoms with Crippen LogP contribution in [-0.2, 0) is 29.8 Å². The maximum absolute atomic E-state index is 12.4. The first-order chi connectivity index (χ1) is 21.6. The highest BCUT2D eigenvalue weighted by Gasteiger charge is 2.21. The van der Waals surface area contributed by atoms with Crippen molar-refractivity contribution in [2.45, 2.75) is 23.6 Å². The molecule has 18 heteroatoms. The smallest absolute Gasteiger partial charge is 0.283 e. The van der Waals surface area contributed by atoms with Crippen molar-refractivity contribution in [2.24, 2.45) is 20.5 Å². The summed E-state index contributed by atoms with van der Waals surface area (Å²) in [6, 6.07) is 13.5. The Hall–Kier alpha value is -4.65. The Bertz CT molecular complexity index is 2190. The minimum atomic E-state index is -4.43. The molecule has 4 rings (SSSR count). The fraction of sp³-hybridized carbons (Fsp3) is 0.214. The fourth-order valence-electron chi connectivity index (χ4n) is 4.14. The molecule has 46 heavy (non-hydrogen) atoms. The molecule has 0 heterocycles. The number of hydrogen-bond acceptors (Lipinski definition) is 14. The molecule has 15 nitrogen and oxygen atoms in total. The van der Waals surface area contributed by atoms with Gasteiger partial charge in [0, 0.05) is 22.9 Å². The van der Waals surface area contributed by atoms with Crippen LogP contribution < -0.4 is 10.1 Å². The van der Waals surface area contributed by atoms with Gasteiger partial charge in [0.2, 0.25) is 0 Å². The van der Waals surface area contributed by atoms with Crippen molar-refractivity contribution in [1.29, 1.82) is 0 Å². The molecule has 4 aromatic carbocycles. The lowest BCUT2D eigenvalue weighted by atomic mass is 10.1.